The van der Waals surface area contributed by atoms with E-state index in [1.165, 1.54) is 0 Å². The smallest absolute Gasteiger partial charge is 0.320 e. The molecule has 2 heterocycles. The van der Waals surface area contributed by atoms with E-state index in [1.807, 2.05) is 20.8 Å². The van der Waals surface area contributed by atoms with Gasteiger partial charge in [0.1, 0.15) is 0 Å². The molecule has 2 fully saturated rings. The van der Waals surface area contributed by atoms with Crippen molar-refractivity contribution in [3.8, 4) is 0 Å². The Bertz CT molecular complexity index is 397. The van der Waals surface area contributed by atoms with Crippen molar-refractivity contribution in [2.45, 2.75) is 57.8 Å². The molecule has 2 rings (SSSR count). The molecule has 2 atom stereocenters. The Morgan fingerprint density at radius 1 is 1.40 bits per heavy atom. The van der Waals surface area contributed by atoms with Crippen molar-refractivity contribution in [3.63, 3.8) is 0 Å². The van der Waals surface area contributed by atoms with Crippen LogP contribution in [-0.2, 0) is 9.53 Å². The molecule has 0 saturated carbocycles. The average molecular weight is 284 g/mol. The zero-order valence-corrected chi connectivity index (χ0v) is 12.5. The van der Waals surface area contributed by atoms with Crippen LogP contribution < -0.4 is 0 Å². The molecule has 1 N–H and O–H groups in total. The second-order valence-corrected chi connectivity index (χ2v) is 6.44. The molecule has 0 spiro atoms. The molecule has 20 heavy (non-hydrogen) atoms. The lowest BCUT2D eigenvalue weighted by Gasteiger charge is -2.43. The van der Waals surface area contributed by atoms with Crippen molar-refractivity contribution >= 4 is 12.0 Å². The number of likely N-dealkylation sites (tertiary alicyclic amines) is 1. The Labute approximate surface area is 119 Å². The van der Waals surface area contributed by atoms with E-state index < -0.39 is 5.97 Å². The summed E-state index contributed by atoms with van der Waals surface area (Å²) < 4.78 is 5.80. The Hall–Kier alpha value is -1.30. The van der Waals surface area contributed by atoms with Crippen molar-refractivity contribution in [1.82, 2.24) is 9.80 Å². The first-order valence-electron chi connectivity index (χ1n) is 7.23. The van der Waals surface area contributed by atoms with Crippen LogP contribution in [0.4, 0.5) is 4.79 Å². The quantitative estimate of drug-likeness (QED) is 0.835. The van der Waals surface area contributed by atoms with Gasteiger partial charge in [-0.2, -0.15) is 0 Å². The molecule has 2 saturated heterocycles. The highest BCUT2D eigenvalue weighted by atomic mass is 16.5. The molecule has 2 amide bonds. The molecular weight excluding hydrogens is 260 g/mol. The minimum absolute atomic E-state index is 0.00299. The molecule has 0 aliphatic carbocycles. The number of morpholine rings is 1. The van der Waals surface area contributed by atoms with E-state index in [0.717, 1.165) is 12.8 Å². The van der Waals surface area contributed by atoms with Crippen molar-refractivity contribution < 1.29 is 19.4 Å². The van der Waals surface area contributed by atoms with E-state index in [-0.39, 0.29) is 30.2 Å². The summed E-state index contributed by atoms with van der Waals surface area (Å²) in [6, 6.07) is -0.210. The normalized spacial score (nSPS) is 29.6. The molecule has 0 aromatic carbocycles. The molecule has 2 aliphatic rings. The van der Waals surface area contributed by atoms with Gasteiger partial charge in [0.05, 0.1) is 24.7 Å². The minimum atomic E-state index is -0.842. The van der Waals surface area contributed by atoms with Gasteiger partial charge in [-0.3, -0.25) is 4.79 Å². The van der Waals surface area contributed by atoms with Crippen molar-refractivity contribution in [1.29, 1.82) is 0 Å². The third-order valence-corrected chi connectivity index (χ3v) is 3.87. The zero-order chi connectivity index (χ0) is 14.9. The number of hydrogen-bond donors (Lipinski definition) is 1. The van der Waals surface area contributed by atoms with E-state index in [1.54, 1.807) is 9.80 Å². The van der Waals surface area contributed by atoms with Crippen molar-refractivity contribution in [2.24, 2.45) is 0 Å². The van der Waals surface area contributed by atoms with Gasteiger partial charge >= 0.3 is 12.0 Å². The van der Waals surface area contributed by atoms with Gasteiger partial charge in [0, 0.05) is 19.1 Å². The van der Waals surface area contributed by atoms with Gasteiger partial charge < -0.3 is 19.6 Å². The number of carbonyl (C=O) groups excluding carboxylic acids is 1. The SMILES string of the molecule is CC1CN(C(=O)N2CCCC2CC(=O)O)CC(C)(C)O1. The topological polar surface area (TPSA) is 70.1 Å². The number of carboxylic acid groups (broad SMARTS) is 1. The number of nitrogens with zero attached hydrogens (tertiary/aromatic N) is 2. The monoisotopic (exact) mass is 284 g/mol. The summed E-state index contributed by atoms with van der Waals surface area (Å²) in [5, 5.41) is 8.94. The third kappa shape index (κ3) is 3.42. The molecule has 114 valence electrons. The first-order chi connectivity index (χ1) is 9.28. The number of urea groups is 1. The fourth-order valence-corrected chi connectivity index (χ4v) is 3.28. The summed E-state index contributed by atoms with van der Waals surface area (Å²) in [4.78, 5) is 27.0. The second-order valence-electron chi connectivity index (χ2n) is 6.44. The van der Waals surface area contributed by atoms with Crippen molar-refractivity contribution in [3.05, 3.63) is 0 Å². The van der Waals surface area contributed by atoms with Gasteiger partial charge in [0.2, 0.25) is 0 Å². The average Bonchev–Trinajstić information content (AvgIpc) is 2.72. The lowest BCUT2D eigenvalue weighted by molar-refractivity contribution is -0.138. The number of aliphatic carboxylic acids is 1. The van der Waals surface area contributed by atoms with Gasteiger partial charge in [-0.15, -0.1) is 0 Å². The fourth-order valence-electron chi connectivity index (χ4n) is 3.28. The number of amides is 2. The molecule has 0 bridgehead atoms. The number of rotatable bonds is 2. The van der Waals surface area contributed by atoms with Crippen LogP contribution in [0.25, 0.3) is 0 Å². The highest BCUT2D eigenvalue weighted by molar-refractivity contribution is 5.76. The molecular formula is C14H24N2O4. The van der Waals surface area contributed by atoms with Crippen LogP contribution in [0.5, 0.6) is 0 Å². The molecule has 0 radical (unpaired) electrons. The lowest BCUT2D eigenvalue weighted by atomic mass is 10.1. The van der Waals surface area contributed by atoms with Crippen LogP contribution in [0.1, 0.15) is 40.0 Å². The number of hydrogen-bond acceptors (Lipinski definition) is 3. The van der Waals surface area contributed by atoms with Crippen molar-refractivity contribution in [2.75, 3.05) is 19.6 Å². The van der Waals surface area contributed by atoms with Crippen LogP contribution in [0.2, 0.25) is 0 Å². The Kier molecular flexibility index (Phi) is 4.22. The third-order valence-electron chi connectivity index (χ3n) is 3.87. The standard InChI is InChI=1S/C14H24N2O4/c1-10-8-15(9-14(2,3)20-10)13(19)16-6-4-5-11(16)7-12(17)18/h10-11H,4-9H2,1-3H3,(H,17,18). The van der Waals surface area contributed by atoms with Crippen LogP contribution >= 0.6 is 0 Å². The zero-order valence-electron chi connectivity index (χ0n) is 12.5. The predicted octanol–water partition coefficient (Wildman–Crippen LogP) is 1.54. The Balaban J connectivity index is 2.04. The van der Waals surface area contributed by atoms with Gasteiger partial charge in [0.25, 0.3) is 0 Å². The van der Waals surface area contributed by atoms with Gasteiger partial charge in [-0.05, 0) is 33.6 Å². The maximum atomic E-state index is 12.6. The maximum absolute atomic E-state index is 12.6. The highest BCUT2D eigenvalue weighted by Crippen LogP contribution is 2.26. The lowest BCUT2D eigenvalue weighted by Crippen LogP contribution is -2.57. The molecule has 0 aromatic heterocycles. The second kappa shape index (κ2) is 5.60. The maximum Gasteiger partial charge on any atom is 0.320 e. The van der Waals surface area contributed by atoms with Gasteiger partial charge in [-0.1, -0.05) is 0 Å². The summed E-state index contributed by atoms with van der Waals surface area (Å²) in [6.45, 7) is 7.68. The van der Waals surface area contributed by atoms with E-state index >= 15 is 0 Å². The van der Waals surface area contributed by atoms with Crippen LogP contribution in [-0.4, -0.2) is 64.3 Å². The summed E-state index contributed by atoms with van der Waals surface area (Å²) in [5.74, 6) is -0.842. The summed E-state index contributed by atoms with van der Waals surface area (Å²) in [5.41, 5.74) is -0.352. The van der Waals surface area contributed by atoms with Gasteiger partial charge in [0.15, 0.2) is 0 Å². The van der Waals surface area contributed by atoms with E-state index in [4.69, 9.17) is 9.84 Å². The predicted molar refractivity (Wildman–Crippen MR) is 73.6 cm³/mol. The summed E-state index contributed by atoms with van der Waals surface area (Å²) in [6.07, 6.45) is 1.70. The number of ether oxygens (including phenoxy) is 1. The first kappa shape index (κ1) is 15.1. The Morgan fingerprint density at radius 2 is 2.10 bits per heavy atom. The highest BCUT2D eigenvalue weighted by Gasteiger charge is 2.38. The van der Waals surface area contributed by atoms with Crippen LogP contribution in [0, 0.1) is 0 Å². The molecule has 6 nitrogen and oxygen atoms in total. The Morgan fingerprint density at radius 3 is 2.70 bits per heavy atom. The van der Waals surface area contributed by atoms with E-state index in [9.17, 15) is 9.59 Å². The van der Waals surface area contributed by atoms with Crippen LogP contribution in [0.3, 0.4) is 0 Å². The number of carboxylic acids is 1. The van der Waals surface area contributed by atoms with Gasteiger partial charge in [-0.25, -0.2) is 4.79 Å². The summed E-state index contributed by atoms with van der Waals surface area (Å²) >= 11 is 0. The van der Waals surface area contributed by atoms with E-state index in [0.29, 0.717) is 19.6 Å². The fraction of sp³-hybridized carbons (Fsp3) is 0.857. The number of carbonyl (C=O) groups is 2. The molecule has 2 unspecified atom stereocenters. The largest absolute Gasteiger partial charge is 0.481 e. The molecule has 2 aliphatic heterocycles. The van der Waals surface area contributed by atoms with E-state index in [2.05, 4.69) is 0 Å². The first-order valence-corrected chi connectivity index (χ1v) is 7.23. The minimum Gasteiger partial charge on any atom is -0.481 e. The molecule has 6 heteroatoms. The molecule has 0 aromatic rings. The summed E-state index contributed by atoms with van der Waals surface area (Å²) in [7, 11) is 0. The van der Waals surface area contributed by atoms with Crippen LogP contribution in [0.15, 0.2) is 0 Å².